The monoisotopic (exact) mass is 282 g/mol. The number of benzene rings is 1. The van der Waals surface area contributed by atoms with Crippen molar-refractivity contribution in [2.75, 3.05) is 26.4 Å². The molecule has 0 aliphatic carbocycles. The van der Waals surface area contributed by atoms with E-state index in [9.17, 15) is 0 Å². The van der Waals surface area contributed by atoms with Gasteiger partial charge in [0.25, 0.3) is 0 Å². The van der Waals surface area contributed by atoms with E-state index in [4.69, 9.17) is 18.9 Å². The van der Waals surface area contributed by atoms with Crippen molar-refractivity contribution in [2.24, 2.45) is 0 Å². The van der Waals surface area contributed by atoms with Gasteiger partial charge in [0.15, 0.2) is 6.29 Å². The molecule has 0 fully saturated rings. The van der Waals surface area contributed by atoms with Gasteiger partial charge in [-0.1, -0.05) is 6.92 Å². The Morgan fingerprint density at radius 2 is 1.30 bits per heavy atom. The van der Waals surface area contributed by atoms with Crippen LogP contribution in [0.25, 0.3) is 0 Å². The van der Waals surface area contributed by atoms with Crippen LogP contribution in [0.2, 0.25) is 0 Å². The first kappa shape index (κ1) is 16.8. The number of hydrogen-bond acceptors (Lipinski definition) is 4. The van der Waals surface area contributed by atoms with Gasteiger partial charge in [0.2, 0.25) is 0 Å². The highest BCUT2D eigenvalue weighted by molar-refractivity contribution is 5.31. The summed E-state index contributed by atoms with van der Waals surface area (Å²) < 4.78 is 22.1. The highest BCUT2D eigenvalue weighted by Gasteiger charge is 2.07. The molecule has 0 radical (unpaired) electrons. The predicted octanol–water partition coefficient (Wildman–Crippen LogP) is 3.64. The highest BCUT2D eigenvalue weighted by atomic mass is 16.7. The first-order chi connectivity index (χ1) is 9.80. The van der Waals surface area contributed by atoms with Gasteiger partial charge in [-0.15, -0.1) is 0 Å². The van der Waals surface area contributed by atoms with Crippen LogP contribution in [-0.4, -0.2) is 32.7 Å². The quantitative estimate of drug-likeness (QED) is 0.581. The van der Waals surface area contributed by atoms with Gasteiger partial charge >= 0.3 is 0 Å². The molecule has 1 aromatic carbocycles. The van der Waals surface area contributed by atoms with Crippen molar-refractivity contribution in [1.82, 2.24) is 0 Å². The molecule has 114 valence electrons. The molecule has 20 heavy (non-hydrogen) atoms. The number of hydrogen-bond donors (Lipinski definition) is 0. The molecule has 0 aromatic heterocycles. The third kappa shape index (κ3) is 6.78. The molecule has 0 N–H and O–H groups in total. The van der Waals surface area contributed by atoms with Crippen LogP contribution in [0.4, 0.5) is 0 Å². The second-order valence-electron chi connectivity index (χ2n) is 4.30. The van der Waals surface area contributed by atoms with Crippen molar-refractivity contribution in [1.29, 1.82) is 0 Å². The van der Waals surface area contributed by atoms with E-state index in [1.807, 2.05) is 38.1 Å². The van der Waals surface area contributed by atoms with Gasteiger partial charge in [-0.3, -0.25) is 0 Å². The van der Waals surface area contributed by atoms with Crippen molar-refractivity contribution >= 4 is 0 Å². The van der Waals surface area contributed by atoms with Crippen LogP contribution in [0.3, 0.4) is 0 Å². The molecule has 4 heteroatoms. The van der Waals surface area contributed by atoms with Crippen molar-refractivity contribution < 1.29 is 18.9 Å². The number of ether oxygens (including phenoxy) is 4. The van der Waals surface area contributed by atoms with Gasteiger partial charge in [-0.2, -0.15) is 0 Å². The molecular formula is C16H26O4. The van der Waals surface area contributed by atoms with Gasteiger partial charge in [-0.05, 0) is 44.5 Å². The predicted molar refractivity (Wildman–Crippen MR) is 79.4 cm³/mol. The molecule has 0 saturated heterocycles. The van der Waals surface area contributed by atoms with Crippen LogP contribution < -0.4 is 9.47 Å². The maximum absolute atomic E-state index is 5.67. The van der Waals surface area contributed by atoms with Crippen LogP contribution in [-0.2, 0) is 9.47 Å². The second kappa shape index (κ2) is 10.5. The van der Waals surface area contributed by atoms with E-state index in [1.165, 1.54) is 0 Å². The highest BCUT2D eigenvalue weighted by Crippen LogP contribution is 2.18. The standard InChI is InChI=1S/C16H26O4/c1-4-12-19-14-7-9-15(10-8-14)20-13-11-16(17-5-2)18-6-3/h7-10,16H,4-6,11-13H2,1-3H3. The fourth-order valence-corrected chi connectivity index (χ4v) is 1.71. The lowest BCUT2D eigenvalue weighted by Gasteiger charge is -2.17. The van der Waals surface area contributed by atoms with E-state index < -0.39 is 0 Å². The first-order valence-corrected chi connectivity index (χ1v) is 7.39. The smallest absolute Gasteiger partial charge is 0.160 e. The SMILES string of the molecule is CCCOc1ccc(OCCC(OCC)OCC)cc1. The fourth-order valence-electron chi connectivity index (χ4n) is 1.71. The van der Waals surface area contributed by atoms with E-state index in [0.29, 0.717) is 19.8 Å². The lowest BCUT2D eigenvalue weighted by Crippen LogP contribution is -2.20. The zero-order valence-electron chi connectivity index (χ0n) is 12.8. The van der Waals surface area contributed by atoms with Crippen LogP contribution in [0.1, 0.15) is 33.6 Å². The fraction of sp³-hybridized carbons (Fsp3) is 0.625. The molecule has 0 unspecified atom stereocenters. The van der Waals surface area contributed by atoms with E-state index in [-0.39, 0.29) is 6.29 Å². The topological polar surface area (TPSA) is 36.9 Å². The summed E-state index contributed by atoms with van der Waals surface area (Å²) in [4.78, 5) is 0. The third-order valence-electron chi connectivity index (χ3n) is 2.62. The van der Waals surface area contributed by atoms with Gasteiger partial charge in [0.05, 0.1) is 13.2 Å². The molecule has 0 bridgehead atoms. The first-order valence-electron chi connectivity index (χ1n) is 7.39. The molecule has 0 spiro atoms. The molecule has 0 heterocycles. The van der Waals surface area contributed by atoms with E-state index in [2.05, 4.69) is 6.92 Å². The van der Waals surface area contributed by atoms with Crippen molar-refractivity contribution in [3.05, 3.63) is 24.3 Å². The zero-order valence-corrected chi connectivity index (χ0v) is 12.8. The number of rotatable bonds is 11. The van der Waals surface area contributed by atoms with Gasteiger partial charge in [-0.25, -0.2) is 0 Å². The van der Waals surface area contributed by atoms with E-state index in [0.717, 1.165) is 30.9 Å². The lowest BCUT2D eigenvalue weighted by molar-refractivity contribution is -0.142. The summed E-state index contributed by atoms with van der Waals surface area (Å²) in [6.07, 6.45) is 1.54. The van der Waals surface area contributed by atoms with Crippen LogP contribution in [0, 0.1) is 0 Å². The summed E-state index contributed by atoms with van der Waals surface area (Å²) in [6, 6.07) is 7.68. The third-order valence-corrected chi connectivity index (χ3v) is 2.62. The summed E-state index contributed by atoms with van der Waals surface area (Å²) >= 11 is 0. The molecule has 0 saturated carbocycles. The largest absolute Gasteiger partial charge is 0.494 e. The average Bonchev–Trinajstić information content (AvgIpc) is 2.47. The molecular weight excluding hydrogens is 256 g/mol. The molecule has 0 aliphatic heterocycles. The zero-order chi connectivity index (χ0) is 14.6. The van der Waals surface area contributed by atoms with Crippen molar-refractivity contribution in [2.45, 2.75) is 39.9 Å². The average molecular weight is 282 g/mol. The maximum atomic E-state index is 5.67. The summed E-state index contributed by atoms with van der Waals surface area (Å²) in [5.41, 5.74) is 0. The normalized spacial score (nSPS) is 10.8. The lowest BCUT2D eigenvalue weighted by atomic mass is 10.3. The Labute approximate surface area is 122 Å². The van der Waals surface area contributed by atoms with E-state index in [1.54, 1.807) is 0 Å². The van der Waals surface area contributed by atoms with Crippen molar-refractivity contribution in [3.8, 4) is 11.5 Å². The molecule has 1 aromatic rings. The Morgan fingerprint density at radius 3 is 1.75 bits per heavy atom. The van der Waals surface area contributed by atoms with Crippen LogP contribution in [0.15, 0.2) is 24.3 Å². The Kier molecular flexibility index (Phi) is 8.83. The molecule has 0 atom stereocenters. The maximum Gasteiger partial charge on any atom is 0.160 e. The van der Waals surface area contributed by atoms with Crippen molar-refractivity contribution in [3.63, 3.8) is 0 Å². The minimum Gasteiger partial charge on any atom is -0.494 e. The van der Waals surface area contributed by atoms with E-state index >= 15 is 0 Å². The van der Waals surface area contributed by atoms with Crippen LogP contribution >= 0.6 is 0 Å². The Morgan fingerprint density at radius 1 is 0.800 bits per heavy atom. The Bertz CT molecular complexity index is 331. The van der Waals surface area contributed by atoms with Gasteiger partial charge in [0, 0.05) is 19.6 Å². The Balaban J connectivity index is 2.30. The summed E-state index contributed by atoms with van der Waals surface area (Å²) in [5.74, 6) is 1.71. The molecule has 1 rings (SSSR count). The minimum atomic E-state index is -0.183. The Hall–Kier alpha value is -1.26. The molecule has 0 aliphatic rings. The second-order valence-corrected chi connectivity index (χ2v) is 4.30. The van der Waals surface area contributed by atoms with Crippen LogP contribution in [0.5, 0.6) is 11.5 Å². The van der Waals surface area contributed by atoms with Gasteiger partial charge in [0.1, 0.15) is 11.5 Å². The van der Waals surface area contributed by atoms with Gasteiger partial charge < -0.3 is 18.9 Å². The molecule has 0 amide bonds. The summed E-state index contributed by atoms with van der Waals surface area (Å²) in [6.45, 7) is 8.61. The summed E-state index contributed by atoms with van der Waals surface area (Å²) in [7, 11) is 0. The minimum absolute atomic E-state index is 0.183. The molecule has 4 nitrogen and oxygen atoms in total. The summed E-state index contributed by atoms with van der Waals surface area (Å²) in [5, 5.41) is 0.